The van der Waals surface area contributed by atoms with Crippen molar-refractivity contribution in [3.63, 3.8) is 0 Å². The number of imide groups is 1. The van der Waals surface area contributed by atoms with Gasteiger partial charge in [-0.3, -0.25) is 14.9 Å². The molecule has 42 heavy (non-hydrogen) atoms. The number of carbonyl (C=O) groups excluding carboxylic acids is 2. The summed E-state index contributed by atoms with van der Waals surface area (Å²) in [6.07, 6.45) is 5.41. The standard InChI is InChI=1S/C32H28N6O2S2/c39-30-28(42-32(40)37-30)16-23-9-12-34-31(35-23)38-13-10-20(11-14-38)17-33-18-22-15-21-5-1-3-7-26(21)36-29(22)25-19-41-27-8-4-2-6-24(25)27/h1-9,12,15-16,19-20,33H,10-11,13-14,17-18H2,(H,37,39,40)/b28-16-. The van der Waals surface area contributed by atoms with E-state index in [2.05, 4.69) is 79.4 Å². The van der Waals surface area contributed by atoms with Crippen LogP contribution in [0.2, 0.25) is 0 Å². The Kier molecular flexibility index (Phi) is 7.41. The lowest BCUT2D eigenvalue weighted by Crippen LogP contribution is -2.38. The van der Waals surface area contributed by atoms with Gasteiger partial charge in [-0.15, -0.1) is 11.3 Å². The zero-order valence-electron chi connectivity index (χ0n) is 22.7. The van der Waals surface area contributed by atoms with Gasteiger partial charge >= 0.3 is 0 Å². The molecule has 2 aliphatic rings. The van der Waals surface area contributed by atoms with Crippen molar-refractivity contribution in [1.29, 1.82) is 0 Å². The van der Waals surface area contributed by atoms with Crippen molar-refractivity contribution in [2.24, 2.45) is 5.92 Å². The third-order valence-electron chi connectivity index (χ3n) is 7.77. The number of thiophene rings is 1. The van der Waals surface area contributed by atoms with E-state index < -0.39 is 0 Å². The van der Waals surface area contributed by atoms with E-state index in [9.17, 15) is 9.59 Å². The molecule has 2 aliphatic heterocycles. The molecule has 2 amide bonds. The fourth-order valence-corrected chi connectivity index (χ4v) is 7.20. The molecule has 0 unspecified atom stereocenters. The molecule has 2 N–H and O–H groups in total. The minimum atomic E-state index is -0.381. The number of aromatic nitrogens is 3. The van der Waals surface area contributed by atoms with Crippen LogP contribution < -0.4 is 15.5 Å². The highest BCUT2D eigenvalue weighted by Crippen LogP contribution is 2.36. The van der Waals surface area contributed by atoms with Gasteiger partial charge in [0, 0.05) is 52.2 Å². The lowest BCUT2D eigenvalue weighted by atomic mass is 9.96. The van der Waals surface area contributed by atoms with Crippen LogP contribution in [-0.4, -0.2) is 45.7 Å². The van der Waals surface area contributed by atoms with E-state index in [0.717, 1.165) is 67.4 Å². The van der Waals surface area contributed by atoms with Crippen molar-refractivity contribution in [3.8, 4) is 11.3 Å². The van der Waals surface area contributed by atoms with E-state index in [1.807, 2.05) is 6.07 Å². The van der Waals surface area contributed by atoms with Gasteiger partial charge in [0.15, 0.2) is 0 Å². The molecule has 7 rings (SSSR count). The predicted octanol–water partition coefficient (Wildman–Crippen LogP) is 6.24. The molecule has 0 saturated carbocycles. The van der Waals surface area contributed by atoms with E-state index in [0.29, 0.717) is 22.5 Å². The molecule has 3 aromatic heterocycles. The number of rotatable bonds is 7. The number of hydrogen-bond donors (Lipinski definition) is 2. The summed E-state index contributed by atoms with van der Waals surface area (Å²) in [5, 5.41) is 10.3. The minimum absolute atomic E-state index is 0.353. The summed E-state index contributed by atoms with van der Waals surface area (Å²) in [6.45, 7) is 3.41. The molecule has 2 aromatic carbocycles. The summed E-state index contributed by atoms with van der Waals surface area (Å²) in [7, 11) is 0. The van der Waals surface area contributed by atoms with Crippen molar-refractivity contribution in [2.45, 2.75) is 19.4 Å². The molecule has 10 heteroatoms. The summed E-state index contributed by atoms with van der Waals surface area (Å²) < 4.78 is 1.28. The number of carbonyl (C=O) groups is 2. The lowest BCUT2D eigenvalue weighted by Gasteiger charge is -2.32. The molecule has 2 fully saturated rings. The molecule has 0 spiro atoms. The normalized spacial score (nSPS) is 17.0. The van der Waals surface area contributed by atoms with Crippen LogP contribution in [0, 0.1) is 5.92 Å². The predicted molar refractivity (Wildman–Crippen MR) is 170 cm³/mol. The van der Waals surface area contributed by atoms with Gasteiger partial charge < -0.3 is 10.2 Å². The third kappa shape index (κ3) is 5.53. The first-order valence-corrected chi connectivity index (χ1v) is 15.7. The van der Waals surface area contributed by atoms with Gasteiger partial charge in [-0.05, 0) is 73.0 Å². The van der Waals surface area contributed by atoms with Crippen LogP contribution in [0.5, 0.6) is 0 Å². The van der Waals surface area contributed by atoms with Gasteiger partial charge in [-0.25, -0.2) is 15.0 Å². The number of pyridine rings is 1. The number of para-hydroxylation sites is 1. The highest BCUT2D eigenvalue weighted by molar-refractivity contribution is 8.18. The Bertz CT molecular complexity index is 1840. The lowest BCUT2D eigenvalue weighted by molar-refractivity contribution is -0.115. The van der Waals surface area contributed by atoms with E-state index in [1.54, 1.807) is 29.7 Å². The van der Waals surface area contributed by atoms with Gasteiger partial charge in [-0.2, -0.15) is 0 Å². The Hall–Kier alpha value is -4.12. The number of benzene rings is 2. The monoisotopic (exact) mass is 592 g/mol. The molecule has 2 saturated heterocycles. The molecule has 5 aromatic rings. The summed E-state index contributed by atoms with van der Waals surface area (Å²) in [6, 6.07) is 20.9. The van der Waals surface area contributed by atoms with E-state index in [1.165, 1.54) is 21.2 Å². The molecular formula is C32H28N6O2S2. The fourth-order valence-electron chi connectivity index (χ4n) is 5.59. The molecule has 5 heterocycles. The molecule has 0 radical (unpaired) electrons. The number of fused-ring (bicyclic) bond motifs is 2. The Morgan fingerprint density at radius 3 is 2.71 bits per heavy atom. The minimum Gasteiger partial charge on any atom is -0.341 e. The van der Waals surface area contributed by atoms with E-state index in [-0.39, 0.29) is 11.1 Å². The van der Waals surface area contributed by atoms with Crippen molar-refractivity contribution >= 4 is 67.3 Å². The summed E-state index contributed by atoms with van der Waals surface area (Å²) >= 11 is 2.66. The van der Waals surface area contributed by atoms with Gasteiger partial charge in [0.1, 0.15) is 0 Å². The Labute approximate surface area is 251 Å². The highest BCUT2D eigenvalue weighted by atomic mass is 32.2. The van der Waals surface area contributed by atoms with Crippen LogP contribution in [0.4, 0.5) is 10.7 Å². The second-order valence-corrected chi connectivity index (χ2v) is 12.5. The number of amides is 2. The molecule has 8 nitrogen and oxygen atoms in total. The maximum absolute atomic E-state index is 11.9. The van der Waals surface area contributed by atoms with Crippen LogP contribution in [0.15, 0.2) is 77.1 Å². The second-order valence-electron chi connectivity index (χ2n) is 10.5. The van der Waals surface area contributed by atoms with Crippen molar-refractivity contribution < 1.29 is 9.59 Å². The molecule has 0 atom stereocenters. The fraction of sp³-hybridized carbons (Fsp3) is 0.219. The van der Waals surface area contributed by atoms with Crippen LogP contribution in [0.25, 0.3) is 38.3 Å². The van der Waals surface area contributed by atoms with E-state index >= 15 is 0 Å². The number of nitrogens with one attached hydrogen (secondary N) is 2. The molecular weight excluding hydrogens is 565 g/mol. The zero-order valence-corrected chi connectivity index (χ0v) is 24.4. The number of hydrogen-bond acceptors (Lipinski definition) is 9. The van der Waals surface area contributed by atoms with Gasteiger partial charge in [0.25, 0.3) is 11.1 Å². The number of anilines is 1. The van der Waals surface area contributed by atoms with Crippen LogP contribution in [0.3, 0.4) is 0 Å². The topological polar surface area (TPSA) is 100 Å². The average molecular weight is 593 g/mol. The molecule has 210 valence electrons. The first-order valence-electron chi connectivity index (χ1n) is 14.0. The van der Waals surface area contributed by atoms with Gasteiger partial charge in [-0.1, -0.05) is 36.4 Å². The number of piperidine rings is 1. The smallest absolute Gasteiger partial charge is 0.290 e. The van der Waals surface area contributed by atoms with Crippen molar-refractivity contribution in [3.05, 3.63) is 88.4 Å². The zero-order chi connectivity index (χ0) is 28.5. The van der Waals surface area contributed by atoms with Crippen molar-refractivity contribution in [2.75, 3.05) is 24.5 Å². The largest absolute Gasteiger partial charge is 0.341 e. The molecule has 0 bridgehead atoms. The average Bonchev–Trinajstić information content (AvgIpc) is 3.59. The first kappa shape index (κ1) is 26.8. The Morgan fingerprint density at radius 1 is 1.02 bits per heavy atom. The van der Waals surface area contributed by atoms with Crippen LogP contribution in [-0.2, 0) is 11.3 Å². The summed E-state index contributed by atoms with van der Waals surface area (Å²) in [5.41, 5.74) is 5.10. The Morgan fingerprint density at radius 2 is 1.86 bits per heavy atom. The highest BCUT2D eigenvalue weighted by Gasteiger charge is 2.26. The van der Waals surface area contributed by atoms with Gasteiger partial charge in [0.05, 0.1) is 21.8 Å². The maximum Gasteiger partial charge on any atom is 0.290 e. The number of thioether (sulfide) groups is 1. The van der Waals surface area contributed by atoms with Gasteiger partial charge in [0.2, 0.25) is 5.95 Å². The maximum atomic E-state index is 11.9. The third-order valence-corrected chi connectivity index (χ3v) is 9.54. The Balaban J connectivity index is 1.01. The van der Waals surface area contributed by atoms with E-state index in [4.69, 9.17) is 4.98 Å². The van der Waals surface area contributed by atoms with Crippen LogP contribution in [0.1, 0.15) is 24.1 Å². The molecule has 0 aliphatic carbocycles. The first-order chi connectivity index (χ1) is 20.6. The summed E-state index contributed by atoms with van der Waals surface area (Å²) in [4.78, 5) is 40.1. The quantitative estimate of drug-likeness (QED) is 0.214. The summed E-state index contributed by atoms with van der Waals surface area (Å²) in [5.74, 6) is 0.823. The van der Waals surface area contributed by atoms with Crippen molar-refractivity contribution in [1.82, 2.24) is 25.6 Å². The van der Waals surface area contributed by atoms with Crippen LogP contribution >= 0.6 is 23.1 Å². The number of nitrogens with zero attached hydrogens (tertiary/aromatic N) is 4. The SMILES string of the molecule is O=C1NC(=O)/C(=C/c2ccnc(N3CCC(CNCc4cc5ccccc5nc4-c4csc5ccccc45)CC3)n2)S1. The second kappa shape index (κ2) is 11.6.